The van der Waals surface area contributed by atoms with Gasteiger partial charge in [-0.15, -0.1) is 0 Å². The number of ether oxygens (including phenoxy) is 1. The lowest BCUT2D eigenvalue weighted by Crippen LogP contribution is -2.44. The van der Waals surface area contributed by atoms with Crippen molar-refractivity contribution in [3.05, 3.63) is 59.4 Å². The molecule has 1 fully saturated rings. The Hall–Kier alpha value is -2.27. The maximum Gasteiger partial charge on any atom is 0.410 e. The van der Waals surface area contributed by atoms with Gasteiger partial charge in [-0.25, -0.2) is 4.79 Å². The van der Waals surface area contributed by atoms with E-state index >= 15 is 0 Å². The molecule has 1 aromatic heterocycles. The van der Waals surface area contributed by atoms with Gasteiger partial charge in [-0.1, -0.05) is 41.9 Å². The first-order chi connectivity index (χ1) is 12.6. The molecule has 26 heavy (non-hydrogen) atoms. The number of hydrogen-bond acceptors (Lipinski definition) is 4. The number of aromatic nitrogens is 1. The highest BCUT2D eigenvalue weighted by atomic mass is 35.5. The van der Waals surface area contributed by atoms with E-state index in [1.165, 1.54) is 0 Å². The Balaban J connectivity index is 1.63. The summed E-state index contributed by atoms with van der Waals surface area (Å²) < 4.78 is 5.48. The van der Waals surface area contributed by atoms with Gasteiger partial charge in [-0.05, 0) is 30.9 Å². The standard InChI is InChI=1S/C20H24ClN3O2/c1-23(20(25)26-15-16-7-3-2-4-8-16)17-9-5-6-12-24(14-17)19-13-22-11-10-18(19)21/h2-4,7-8,10-11,13,17H,5-6,9,12,14-15H2,1H3/t17-/m1/s1. The Bertz CT molecular complexity index is 726. The maximum atomic E-state index is 12.5. The van der Waals surface area contributed by atoms with E-state index in [0.717, 1.165) is 43.6 Å². The monoisotopic (exact) mass is 373 g/mol. The molecule has 1 aliphatic heterocycles. The highest BCUT2D eigenvalue weighted by molar-refractivity contribution is 6.33. The van der Waals surface area contributed by atoms with E-state index in [1.807, 2.05) is 37.4 Å². The second-order valence-corrected chi connectivity index (χ2v) is 6.98. The molecule has 0 radical (unpaired) electrons. The zero-order valence-electron chi connectivity index (χ0n) is 15.0. The molecule has 5 nitrogen and oxygen atoms in total. The number of pyridine rings is 1. The normalized spacial score (nSPS) is 17.5. The van der Waals surface area contributed by atoms with Gasteiger partial charge in [0.2, 0.25) is 0 Å². The van der Waals surface area contributed by atoms with Crippen LogP contribution in [0.2, 0.25) is 5.02 Å². The van der Waals surface area contributed by atoms with Crippen molar-refractivity contribution in [2.45, 2.75) is 31.9 Å². The van der Waals surface area contributed by atoms with E-state index in [1.54, 1.807) is 23.4 Å². The fraction of sp³-hybridized carbons (Fsp3) is 0.400. The van der Waals surface area contributed by atoms with E-state index in [4.69, 9.17) is 16.3 Å². The van der Waals surface area contributed by atoms with Crippen molar-refractivity contribution < 1.29 is 9.53 Å². The molecule has 138 valence electrons. The first-order valence-electron chi connectivity index (χ1n) is 8.93. The molecule has 1 aromatic carbocycles. The summed E-state index contributed by atoms with van der Waals surface area (Å²) in [6.07, 6.45) is 6.26. The number of carbonyl (C=O) groups excluding carboxylic acids is 1. The molecule has 1 saturated heterocycles. The fourth-order valence-corrected chi connectivity index (χ4v) is 3.45. The lowest BCUT2D eigenvalue weighted by Gasteiger charge is -2.31. The van der Waals surface area contributed by atoms with Crippen molar-refractivity contribution in [1.82, 2.24) is 9.88 Å². The molecular weight excluding hydrogens is 350 g/mol. The van der Waals surface area contributed by atoms with Crippen molar-refractivity contribution in [2.75, 3.05) is 25.0 Å². The number of benzene rings is 1. The fourth-order valence-electron chi connectivity index (χ4n) is 3.23. The van der Waals surface area contributed by atoms with Crippen LogP contribution in [0.4, 0.5) is 10.5 Å². The van der Waals surface area contributed by atoms with E-state index in [0.29, 0.717) is 5.02 Å². The summed E-state index contributed by atoms with van der Waals surface area (Å²) in [4.78, 5) is 20.6. The van der Waals surface area contributed by atoms with Crippen LogP contribution in [0, 0.1) is 0 Å². The van der Waals surface area contributed by atoms with Gasteiger partial charge in [0.1, 0.15) is 6.61 Å². The number of carbonyl (C=O) groups is 1. The molecule has 0 saturated carbocycles. The summed E-state index contributed by atoms with van der Waals surface area (Å²) in [6, 6.07) is 11.6. The largest absolute Gasteiger partial charge is 0.445 e. The van der Waals surface area contributed by atoms with Gasteiger partial charge in [0.15, 0.2) is 0 Å². The van der Waals surface area contributed by atoms with Crippen molar-refractivity contribution in [1.29, 1.82) is 0 Å². The average molecular weight is 374 g/mol. The lowest BCUT2D eigenvalue weighted by atomic mass is 10.1. The molecule has 0 N–H and O–H groups in total. The highest BCUT2D eigenvalue weighted by Gasteiger charge is 2.26. The Morgan fingerprint density at radius 1 is 1.31 bits per heavy atom. The number of hydrogen-bond donors (Lipinski definition) is 0. The maximum absolute atomic E-state index is 12.5. The highest BCUT2D eigenvalue weighted by Crippen LogP contribution is 2.27. The van der Waals surface area contributed by atoms with Crippen LogP contribution in [0.15, 0.2) is 48.8 Å². The quantitative estimate of drug-likeness (QED) is 0.798. The molecule has 2 aromatic rings. The van der Waals surface area contributed by atoms with Gasteiger partial charge in [-0.2, -0.15) is 0 Å². The summed E-state index contributed by atoms with van der Waals surface area (Å²) in [7, 11) is 1.81. The molecule has 0 aliphatic carbocycles. The second kappa shape index (κ2) is 8.90. The zero-order chi connectivity index (χ0) is 18.4. The lowest BCUT2D eigenvalue weighted by molar-refractivity contribution is 0.0907. The third-order valence-corrected chi connectivity index (χ3v) is 5.10. The molecule has 2 heterocycles. The predicted molar refractivity (Wildman–Crippen MR) is 103 cm³/mol. The molecule has 0 bridgehead atoms. The van der Waals surface area contributed by atoms with Gasteiger partial charge in [0.05, 0.1) is 22.9 Å². The number of rotatable bonds is 4. The van der Waals surface area contributed by atoms with Gasteiger partial charge in [0.25, 0.3) is 0 Å². The summed E-state index contributed by atoms with van der Waals surface area (Å²) in [5, 5.41) is 0.690. The van der Waals surface area contributed by atoms with Gasteiger partial charge < -0.3 is 14.5 Å². The van der Waals surface area contributed by atoms with E-state index in [2.05, 4.69) is 9.88 Å². The Kier molecular flexibility index (Phi) is 6.34. The first kappa shape index (κ1) is 18.5. The van der Waals surface area contributed by atoms with Crippen LogP contribution in [0.1, 0.15) is 24.8 Å². The van der Waals surface area contributed by atoms with Crippen molar-refractivity contribution >= 4 is 23.4 Å². The van der Waals surface area contributed by atoms with Gasteiger partial charge in [0, 0.05) is 26.3 Å². The molecular formula is C20H24ClN3O2. The summed E-state index contributed by atoms with van der Waals surface area (Å²) in [6.45, 7) is 1.92. The molecule has 3 rings (SSSR count). The summed E-state index contributed by atoms with van der Waals surface area (Å²) in [5.74, 6) is 0. The van der Waals surface area contributed by atoms with E-state index in [9.17, 15) is 4.79 Å². The van der Waals surface area contributed by atoms with Crippen LogP contribution in [-0.4, -0.2) is 42.2 Å². The second-order valence-electron chi connectivity index (χ2n) is 6.57. The van der Waals surface area contributed by atoms with Crippen LogP contribution in [0.25, 0.3) is 0 Å². The van der Waals surface area contributed by atoms with E-state index < -0.39 is 0 Å². The minimum absolute atomic E-state index is 0.0806. The number of anilines is 1. The zero-order valence-corrected chi connectivity index (χ0v) is 15.7. The van der Waals surface area contributed by atoms with Gasteiger partial charge in [-0.3, -0.25) is 4.98 Å². The topological polar surface area (TPSA) is 45.7 Å². The summed E-state index contributed by atoms with van der Waals surface area (Å²) >= 11 is 6.33. The Labute approximate surface area is 159 Å². The van der Waals surface area contributed by atoms with Crippen molar-refractivity contribution in [3.63, 3.8) is 0 Å². The van der Waals surface area contributed by atoms with Crippen molar-refractivity contribution in [2.24, 2.45) is 0 Å². The average Bonchev–Trinajstić information content (AvgIpc) is 2.93. The minimum atomic E-state index is -0.294. The predicted octanol–water partition coefficient (Wildman–Crippen LogP) is 4.36. The smallest absolute Gasteiger partial charge is 0.410 e. The minimum Gasteiger partial charge on any atom is -0.445 e. The number of likely N-dealkylation sites (N-methyl/N-ethyl adjacent to an activating group) is 1. The SMILES string of the molecule is CN(C(=O)OCc1ccccc1)[C@@H]1CCCCN(c2cnccc2Cl)C1. The molecule has 0 unspecified atom stereocenters. The molecule has 1 aliphatic rings. The van der Waals surface area contributed by atoms with Crippen molar-refractivity contribution in [3.8, 4) is 0 Å². The molecule has 6 heteroatoms. The van der Waals surface area contributed by atoms with Crippen LogP contribution < -0.4 is 4.90 Å². The van der Waals surface area contributed by atoms with E-state index in [-0.39, 0.29) is 18.7 Å². The van der Waals surface area contributed by atoms with Crippen LogP contribution in [0.5, 0.6) is 0 Å². The first-order valence-corrected chi connectivity index (χ1v) is 9.31. The third-order valence-electron chi connectivity index (χ3n) is 4.78. The van der Waals surface area contributed by atoms with Gasteiger partial charge >= 0.3 is 6.09 Å². The molecule has 0 spiro atoms. The Morgan fingerprint density at radius 3 is 2.88 bits per heavy atom. The van der Waals surface area contributed by atoms with Crippen LogP contribution in [-0.2, 0) is 11.3 Å². The molecule has 1 amide bonds. The third kappa shape index (κ3) is 4.67. The number of halogens is 1. The number of nitrogens with zero attached hydrogens (tertiary/aromatic N) is 3. The molecule has 1 atom stereocenters. The number of amides is 1. The summed E-state index contributed by atoms with van der Waals surface area (Å²) in [5.41, 5.74) is 1.91. The van der Waals surface area contributed by atoms with Crippen LogP contribution in [0.3, 0.4) is 0 Å². The Morgan fingerprint density at radius 2 is 2.12 bits per heavy atom. The van der Waals surface area contributed by atoms with Crippen LogP contribution >= 0.6 is 11.6 Å².